The monoisotopic (exact) mass is 242 g/mol. The molecule has 0 radical (unpaired) electrons. The van der Waals surface area contributed by atoms with Gasteiger partial charge in [-0.05, 0) is 24.3 Å². The Morgan fingerprint density at radius 1 is 1.41 bits per heavy atom. The van der Waals surface area contributed by atoms with Crippen LogP contribution in [0.5, 0.6) is 0 Å². The molecule has 0 saturated carbocycles. The van der Waals surface area contributed by atoms with Crippen LogP contribution in [-0.4, -0.2) is 35.8 Å². The molecule has 0 unspecified atom stereocenters. The third kappa shape index (κ3) is 4.47. The molecule has 0 aromatic heterocycles. The summed E-state index contributed by atoms with van der Waals surface area (Å²) in [6.07, 6.45) is 0. The predicted octanol–water partition coefficient (Wildman–Crippen LogP) is 1.31. The number of halogens is 1. The fourth-order valence-corrected chi connectivity index (χ4v) is 0.946. The van der Waals surface area contributed by atoms with Crippen molar-refractivity contribution in [1.29, 1.82) is 0 Å². The van der Waals surface area contributed by atoms with E-state index in [1.54, 1.807) is 0 Å². The van der Waals surface area contributed by atoms with E-state index in [1.807, 2.05) is 0 Å². The summed E-state index contributed by atoms with van der Waals surface area (Å²) >= 11 is 0. The van der Waals surface area contributed by atoms with Crippen molar-refractivity contribution >= 4 is 17.7 Å². The number of amides is 2. The van der Waals surface area contributed by atoms with Crippen molar-refractivity contribution in [3.63, 3.8) is 0 Å². The number of carbonyl (C=O) groups is 2. The number of benzene rings is 1. The highest BCUT2D eigenvalue weighted by molar-refractivity contribution is 5.88. The van der Waals surface area contributed by atoms with Gasteiger partial charge in [0.2, 0.25) is 0 Å². The van der Waals surface area contributed by atoms with Crippen LogP contribution in [0.25, 0.3) is 0 Å². The quantitative estimate of drug-likeness (QED) is 0.780. The number of aliphatic carboxylic acids is 1. The fraction of sp³-hybridized carbons (Fsp3) is 0.200. The maximum absolute atomic E-state index is 12.6. The van der Waals surface area contributed by atoms with Crippen molar-refractivity contribution in [2.24, 2.45) is 0 Å². The number of carboxylic acid groups (broad SMARTS) is 1. The largest absolute Gasteiger partial charge is 0.479 e. The number of hydroxylamine groups is 2. The second-order valence-electron chi connectivity index (χ2n) is 3.10. The van der Waals surface area contributed by atoms with Gasteiger partial charge < -0.3 is 10.4 Å². The van der Waals surface area contributed by atoms with E-state index in [0.717, 1.165) is 5.06 Å². The van der Waals surface area contributed by atoms with Gasteiger partial charge in [-0.25, -0.2) is 19.0 Å². The van der Waals surface area contributed by atoms with Gasteiger partial charge >= 0.3 is 12.0 Å². The van der Waals surface area contributed by atoms with E-state index in [-0.39, 0.29) is 0 Å². The molecule has 0 aliphatic rings. The molecule has 0 spiro atoms. The summed E-state index contributed by atoms with van der Waals surface area (Å²) in [5.41, 5.74) is 0.377. The van der Waals surface area contributed by atoms with E-state index in [9.17, 15) is 14.0 Å². The summed E-state index contributed by atoms with van der Waals surface area (Å²) in [6, 6.07) is 4.47. The molecule has 17 heavy (non-hydrogen) atoms. The summed E-state index contributed by atoms with van der Waals surface area (Å²) in [6.45, 7) is -0.618. The third-order valence-corrected chi connectivity index (χ3v) is 1.76. The van der Waals surface area contributed by atoms with Crippen LogP contribution in [0.3, 0.4) is 0 Å². The van der Waals surface area contributed by atoms with Gasteiger partial charge in [0, 0.05) is 12.7 Å². The van der Waals surface area contributed by atoms with Gasteiger partial charge in [0.05, 0.1) is 0 Å². The lowest BCUT2D eigenvalue weighted by molar-refractivity contribution is -0.158. The van der Waals surface area contributed by atoms with Gasteiger partial charge in [0.25, 0.3) is 0 Å². The number of urea groups is 1. The van der Waals surface area contributed by atoms with Crippen molar-refractivity contribution in [3.8, 4) is 0 Å². The van der Waals surface area contributed by atoms with Gasteiger partial charge in [0.1, 0.15) is 5.82 Å². The third-order valence-electron chi connectivity index (χ3n) is 1.76. The minimum atomic E-state index is -1.19. The molecule has 6 nitrogen and oxygen atoms in total. The SMILES string of the molecule is CN(OCC(=O)O)C(=O)Nc1ccc(F)cc1. The Balaban J connectivity index is 2.48. The standard InChI is InChI=1S/C10H11FN2O4/c1-13(17-6-9(14)15)10(16)12-8-4-2-7(11)3-5-8/h2-5H,6H2,1H3,(H,12,16)(H,14,15). The van der Waals surface area contributed by atoms with Crippen molar-refractivity contribution in [1.82, 2.24) is 5.06 Å². The Morgan fingerprint density at radius 2 is 2.00 bits per heavy atom. The maximum atomic E-state index is 12.6. The van der Waals surface area contributed by atoms with Crippen molar-refractivity contribution in [2.45, 2.75) is 0 Å². The fourth-order valence-electron chi connectivity index (χ4n) is 0.946. The van der Waals surface area contributed by atoms with Crippen LogP contribution < -0.4 is 5.32 Å². The molecule has 1 aromatic rings. The average Bonchev–Trinajstić information content (AvgIpc) is 2.28. The molecular formula is C10H11FN2O4. The molecule has 0 aliphatic carbocycles. The van der Waals surface area contributed by atoms with Gasteiger partial charge in [-0.3, -0.25) is 4.84 Å². The molecule has 1 rings (SSSR count). The molecule has 92 valence electrons. The number of nitrogens with one attached hydrogen (secondary N) is 1. The van der Waals surface area contributed by atoms with Crippen LogP contribution in [0.2, 0.25) is 0 Å². The molecule has 0 fully saturated rings. The lowest BCUT2D eigenvalue weighted by atomic mass is 10.3. The Bertz CT molecular complexity index is 407. The molecule has 2 N–H and O–H groups in total. The minimum Gasteiger partial charge on any atom is -0.479 e. The highest BCUT2D eigenvalue weighted by Crippen LogP contribution is 2.08. The van der Waals surface area contributed by atoms with E-state index in [1.165, 1.54) is 31.3 Å². The van der Waals surface area contributed by atoms with Gasteiger partial charge in [-0.15, -0.1) is 0 Å². The summed E-state index contributed by atoms with van der Waals surface area (Å²) in [4.78, 5) is 26.2. The lowest BCUT2D eigenvalue weighted by Gasteiger charge is -2.16. The first-order valence-corrected chi connectivity index (χ1v) is 4.64. The molecule has 0 aliphatic heterocycles. The smallest absolute Gasteiger partial charge is 0.345 e. The van der Waals surface area contributed by atoms with Crippen molar-refractivity contribution in [3.05, 3.63) is 30.1 Å². The highest BCUT2D eigenvalue weighted by atomic mass is 19.1. The first kappa shape index (κ1) is 12.9. The second kappa shape index (κ2) is 5.80. The van der Waals surface area contributed by atoms with Crippen molar-refractivity contribution < 1.29 is 23.9 Å². The number of hydrogen-bond donors (Lipinski definition) is 2. The Morgan fingerprint density at radius 3 is 2.53 bits per heavy atom. The van der Waals surface area contributed by atoms with Crippen molar-refractivity contribution in [2.75, 3.05) is 19.0 Å². The van der Waals surface area contributed by atoms with Crippen LogP contribution in [0.15, 0.2) is 24.3 Å². The molecule has 0 atom stereocenters. The number of hydrogen-bond acceptors (Lipinski definition) is 3. The maximum Gasteiger partial charge on any atom is 0.345 e. The average molecular weight is 242 g/mol. The summed E-state index contributed by atoms with van der Waals surface area (Å²) in [5, 5.41) is 11.5. The van der Waals surface area contributed by atoms with E-state index in [2.05, 4.69) is 10.2 Å². The van der Waals surface area contributed by atoms with E-state index in [0.29, 0.717) is 5.69 Å². The number of carboxylic acids is 1. The van der Waals surface area contributed by atoms with Crippen LogP contribution in [0.4, 0.5) is 14.9 Å². The molecule has 1 aromatic carbocycles. The number of carbonyl (C=O) groups excluding carboxylic acids is 1. The lowest BCUT2D eigenvalue weighted by Crippen LogP contribution is -2.33. The van der Waals surface area contributed by atoms with Gasteiger partial charge in [0.15, 0.2) is 6.61 Å². The zero-order chi connectivity index (χ0) is 12.8. The first-order chi connectivity index (χ1) is 7.99. The Kier molecular flexibility index (Phi) is 4.41. The van der Waals surface area contributed by atoms with Gasteiger partial charge in [-0.2, -0.15) is 0 Å². The summed E-state index contributed by atoms with van der Waals surface area (Å²) in [7, 11) is 1.27. The minimum absolute atomic E-state index is 0.377. The van der Waals surface area contributed by atoms with E-state index < -0.39 is 24.4 Å². The molecule has 2 amide bonds. The number of rotatable bonds is 4. The van der Waals surface area contributed by atoms with Crippen LogP contribution in [-0.2, 0) is 9.63 Å². The first-order valence-electron chi connectivity index (χ1n) is 4.64. The second-order valence-corrected chi connectivity index (χ2v) is 3.10. The zero-order valence-electron chi connectivity index (χ0n) is 9.01. The Labute approximate surface area is 96.6 Å². The van der Waals surface area contributed by atoms with Crippen LogP contribution >= 0.6 is 0 Å². The molecular weight excluding hydrogens is 231 g/mol. The topological polar surface area (TPSA) is 78.9 Å². The predicted molar refractivity (Wildman–Crippen MR) is 56.8 cm³/mol. The van der Waals surface area contributed by atoms with E-state index >= 15 is 0 Å². The van der Waals surface area contributed by atoms with Crippen LogP contribution in [0.1, 0.15) is 0 Å². The summed E-state index contributed by atoms with van der Waals surface area (Å²) < 4.78 is 12.6. The Hall–Kier alpha value is -2.15. The molecule has 0 heterocycles. The molecule has 0 saturated heterocycles. The molecule has 0 bridgehead atoms. The summed E-state index contributed by atoms with van der Waals surface area (Å²) in [5.74, 6) is -1.61. The van der Waals surface area contributed by atoms with E-state index in [4.69, 9.17) is 5.11 Å². The number of nitrogens with zero attached hydrogens (tertiary/aromatic N) is 1. The number of anilines is 1. The van der Waals surface area contributed by atoms with Gasteiger partial charge in [-0.1, -0.05) is 0 Å². The molecule has 7 heteroatoms. The van der Waals surface area contributed by atoms with Crippen LogP contribution in [0, 0.1) is 5.82 Å². The normalized spacial score (nSPS) is 9.76. The highest BCUT2D eigenvalue weighted by Gasteiger charge is 2.10. The zero-order valence-corrected chi connectivity index (χ0v) is 9.01.